The van der Waals surface area contributed by atoms with Gasteiger partial charge in [0.2, 0.25) is 0 Å². The molecule has 2 aromatic carbocycles. The van der Waals surface area contributed by atoms with E-state index in [0.29, 0.717) is 29.7 Å². The van der Waals surface area contributed by atoms with Crippen LogP contribution in [-0.4, -0.2) is 48.9 Å². The maximum Gasteiger partial charge on any atom is 0.254 e. The van der Waals surface area contributed by atoms with Gasteiger partial charge in [0.1, 0.15) is 18.5 Å². The zero-order valence-electron chi connectivity index (χ0n) is 16.0. The monoisotopic (exact) mass is 398 g/mol. The molecule has 0 radical (unpaired) electrons. The number of hydrogen-bond acceptors (Lipinski definition) is 4. The highest BCUT2D eigenvalue weighted by atomic mass is 19.1. The lowest BCUT2D eigenvalue weighted by molar-refractivity contribution is 0.0562. The van der Waals surface area contributed by atoms with Crippen LogP contribution >= 0.6 is 0 Å². The Kier molecular flexibility index (Phi) is 5.24. The number of fused-ring (bicyclic) bond motifs is 1. The molecular weight excluding hydrogens is 375 g/mol. The van der Waals surface area contributed by atoms with E-state index in [9.17, 15) is 19.1 Å². The van der Waals surface area contributed by atoms with Gasteiger partial charge in [0.05, 0.1) is 17.6 Å². The Bertz CT molecular complexity index is 928. The predicted molar refractivity (Wildman–Crippen MR) is 105 cm³/mol. The van der Waals surface area contributed by atoms with Gasteiger partial charge in [-0.05, 0) is 30.5 Å². The molecule has 4 rings (SSSR count). The number of benzene rings is 2. The molecule has 1 heterocycles. The summed E-state index contributed by atoms with van der Waals surface area (Å²) in [5.41, 5.74) is 2.00. The number of carbonyl (C=O) groups excluding carboxylic acids is 2. The van der Waals surface area contributed by atoms with Gasteiger partial charge in [-0.2, -0.15) is 0 Å². The minimum absolute atomic E-state index is 0.0889. The van der Waals surface area contributed by atoms with Crippen LogP contribution in [-0.2, 0) is 0 Å². The van der Waals surface area contributed by atoms with Gasteiger partial charge in [-0.25, -0.2) is 4.39 Å². The first-order chi connectivity index (χ1) is 14.0. The fourth-order valence-corrected chi connectivity index (χ4v) is 4.02. The number of amides is 2. The first-order valence-corrected chi connectivity index (χ1v) is 9.68. The molecule has 6 nitrogen and oxygen atoms in total. The Morgan fingerprint density at radius 1 is 1.17 bits per heavy atom. The van der Waals surface area contributed by atoms with Crippen LogP contribution in [0.15, 0.2) is 42.5 Å². The van der Waals surface area contributed by atoms with Gasteiger partial charge in [0.15, 0.2) is 0 Å². The third kappa shape index (κ3) is 3.58. The minimum atomic E-state index is -0.768. The minimum Gasteiger partial charge on any atom is -0.486 e. The molecule has 2 atom stereocenters. The van der Waals surface area contributed by atoms with Gasteiger partial charge in [-0.3, -0.25) is 9.59 Å². The topological polar surface area (TPSA) is 87.7 Å². The second-order valence-corrected chi connectivity index (χ2v) is 7.52. The van der Waals surface area contributed by atoms with Crippen molar-refractivity contribution in [2.45, 2.75) is 37.0 Å². The highest BCUT2D eigenvalue weighted by Gasteiger charge is 2.39. The molecule has 1 aliphatic carbocycles. The Labute approximate surface area is 168 Å². The summed E-state index contributed by atoms with van der Waals surface area (Å²) in [5.74, 6) is -0.832. The van der Waals surface area contributed by atoms with Crippen molar-refractivity contribution in [3.8, 4) is 5.75 Å². The molecule has 2 aliphatic rings. The summed E-state index contributed by atoms with van der Waals surface area (Å²) in [4.78, 5) is 25.2. The summed E-state index contributed by atoms with van der Waals surface area (Å²) in [5, 5.41) is 14.9. The summed E-state index contributed by atoms with van der Waals surface area (Å²) in [6.07, 6.45) is -0.129. The lowest BCUT2D eigenvalue weighted by Crippen LogP contribution is -2.46. The van der Waals surface area contributed by atoms with Crippen LogP contribution in [0.4, 0.5) is 4.39 Å². The van der Waals surface area contributed by atoms with E-state index in [0.717, 1.165) is 5.56 Å². The molecule has 2 unspecified atom stereocenters. The van der Waals surface area contributed by atoms with Crippen LogP contribution in [0, 0.1) is 0 Å². The predicted octanol–water partition coefficient (Wildman–Crippen LogP) is 2.16. The molecule has 1 saturated carbocycles. The highest BCUT2D eigenvalue weighted by Crippen LogP contribution is 2.45. The van der Waals surface area contributed by atoms with E-state index >= 15 is 0 Å². The van der Waals surface area contributed by atoms with E-state index in [4.69, 9.17) is 4.74 Å². The average molecular weight is 398 g/mol. The number of ether oxygens (including phenoxy) is 1. The van der Waals surface area contributed by atoms with E-state index in [2.05, 4.69) is 10.6 Å². The molecule has 0 aromatic heterocycles. The molecule has 0 saturated heterocycles. The second kappa shape index (κ2) is 7.83. The van der Waals surface area contributed by atoms with E-state index < -0.39 is 24.6 Å². The van der Waals surface area contributed by atoms with Crippen LogP contribution in [0.3, 0.4) is 0 Å². The quantitative estimate of drug-likeness (QED) is 0.720. The molecule has 2 aromatic rings. The molecule has 7 heteroatoms. The fourth-order valence-electron chi connectivity index (χ4n) is 4.02. The van der Waals surface area contributed by atoms with E-state index in [-0.39, 0.29) is 23.6 Å². The number of aliphatic hydroxyl groups is 1. The van der Waals surface area contributed by atoms with E-state index in [1.165, 1.54) is 13.1 Å². The van der Waals surface area contributed by atoms with Gasteiger partial charge >= 0.3 is 0 Å². The SMILES string of the molecule is CNC(=O)c1cc(C(=O)NC2CC(O)C2)cc2c1OC(CF)C2c1ccccc1. The summed E-state index contributed by atoms with van der Waals surface area (Å²) in [7, 11) is 1.49. The van der Waals surface area contributed by atoms with Crippen molar-refractivity contribution in [1.29, 1.82) is 0 Å². The third-order valence-corrected chi connectivity index (χ3v) is 5.59. The smallest absolute Gasteiger partial charge is 0.254 e. The van der Waals surface area contributed by atoms with Crippen molar-refractivity contribution in [2.24, 2.45) is 0 Å². The van der Waals surface area contributed by atoms with E-state index in [1.807, 2.05) is 30.3 Å². The lowest BCUT2D eigenvalue weighted by Gasteiger charge is -2.32. The van der Waals surface area contributed by atoms with Crippen LogP contribution in [0.25, 0.3) is 0 Å². The van der Waals surface area contributed by atoms with Crippen molar-refractivity contribution in [1.82, 2.24) is 10.6 Å². The van der Waals surface area contributed by atoms with Gasteiger partial charge in [-0.1, -0.05) is 30.3 Å². The lowest BCUT2D eigenvalue weighted by atomic mass is 9.86. The molecule has 152 valence electrons. The van der Waals surface area contributed by atoms with Crippen molar-refractivity contribution in [2.75, 3.05) is 13.7 Å². The largest absolute Gasteiger partial charge is 0.486 e. The summed E-state index contributed by atoms with van der Waals surface area (Å²) in [6, 6.07) is 12.4. The molecule has 3 N–H and O–H groups in total. The Balaban J connectivity index is 1.76. The van der Waals surface area contributed by atoms with Crippen molar-refractivity contribution in [3.05, 3.63) is 64.7 Å². The number of alkyl halides is 1. The van der Waals surface area contributed by atoms with Crippen molar-refractivity contribution >= 4 is 11.8 Å². The zero-order chi connectivity index (χ0) is 20.5. The van der Waals surface area contributed by atoms with Gasteiger partial charge in [0.25, 0.3) is 11.8 Å². The highest BCUT2D eigenvalue weighted by molar-refractivity contribution is 6.02. The molecule has 2 amide bonds. The number of aliphatic hydroxyl groups excluding tert-OH is 1. The Morgan fingerprint density at radius 2 is 1.90 bits per heavy atom. The number of halogens is 1. The molecule has 1 fully saturated rings. The van der Waals surface area contributed by atoms with Crippen molar-refractivity contribution < 1.29 is 23.8 Å². The molecular formula is C22H23FN2O4. The van der Waals surface area contributed by atoms with Crippen molar-refractivity contribution in [3.63, 3.8) is 0 Å². The van der Waals surface area contributed by atoms with Crippen LogP contribution in [0.1, 0.15) is 50.6 Å². The molecule has 1 aliphatic heterocycles. The number of nitrogens with one attached hydrogen (secondary N) is 2. The van der Waals surface area contributed by atoms with Gasteiger partial charge in [-0.15, -0.1) is 0 Å². The maximum atomic E-state index is 13.8. The Morgan fingerprint density at radius 3 is 2.52 bits per heavy atom. The number of carbonyl (C=O) groups is 2. The van der Waals surface area contributed by atoms with E-state index in [1.54, 1.807) is 6.07 Å². The van der Waals surface area contributed by atoms with Gasteiger partial charge in [0, 0.05) is 24.2 Å². The summed E-state index contributed by atoms with van der Waals surface area (Å²) < 4.78 is 19.6. The van der Waals surface area contributed by atoms with Crippen LogP contribution in [0.2, 0.25) is 0 Å². The van der Waals surface area contributed by atoms with Crippen LogP contribution in [0.5, 0.6) is 5.75 Å². The zero-order valence-corrected chi connectivity index (χ0v) is 16.0. The molecule has 0 spiro atoms. The van der Waals surface area contributed by atoms with Crippen LogP contribution < -0.4 is 15.4 Å². The number of rotatable bonds is 5. The fraction of sp³-hybridized carbons (Fsp3) is 0.364. The maximum absolute atomic E-state index is 13.8. The summed E-state index contributed by atoms with van der Waals surface area (Å²) in [6.45, 7) is -0.719. The Hall–Kier alpha value is -2.93. The second-order valence-electron chi connectivity index (χ2n) is 7.52. The summed E-state index contributed by atoms with van der Waals surface area (Å²) >= 11 is 0. The first-order valence-electron chi connectivity index (χ1n) is 9.68. The average Bonchev–Trinajstić information content (AvgIpc) is 3.10. The standard InChI is InChI=1S/C22H23FN2O4/c1-24-22(28)17-8-13(21(27)25-14-9-15(26)10-14)7-16-19(12-5-3-2-4-6-12)18(11-23)29-20(16)17/h2-8,14-15,18-19,26H,9-11H2,1H3,(H,24,28)(H,25,27). The first kappa shape index (κ1) is 19.4. The molecule has 0 bridgehead atoms. The number of hydrogen-bond donors (Lipinski definition) is 3. The normalized spacial score (nSPS) is 24.8. The van der Waals surface area contributed by atoms with Gasteiger partial charge < -0.3 is 20.5 Å². The third-order valence-electron chi connectivity index (χ3n) is 5.59. The molecule has 29 heavy (non-hydrogen) atoms.